The van der Waals surface area contributed by atoms with Crippen molar-refractivity contribution in [1.29, 1.82) is 0 Å². The molecule has 3 rings (SSSR count). The molecule has 0 unspecified atom stereocenters. The van der Waals surface area contributed by atoms with E-state index in [-0.39, 0.29) is 23.1 Å². The van der Waals surface area contributed by atoms with Gasteiger partial charge in [-0.25, -0.2) is 17.6 Å². The van der Waals surface area contributed by atoms with Gasteiger partial charge in [-0.3, -0.25) is 5.11 Å². The highest BCUT2D eigenvalue weighted by Gasteiger charge is 2.37. The summed E-state index contributed by atoms with van der Waals surface area (Å²) < 4.78 is 95.2. The molecule has 0 heterocycles. The summed E-state index contributed by atoms with van der Waals surface area (Å²) in [6.45, 7) is 2.04. The number of aryl methyl sites for hydroxylation is 2. The van der Waals surface area contributed by atoms with Gasteiger partial charge in [0.1, 0.15) is 28.8 Å². The van der Waals surface area contributed by atoms with Gasteiger partial charge in [0.2, 0.25) is 0 Å². The van der Waals surface area contributed by atoms with Crippen LogP contribution < -0.4 is 0 Å². The lowest BCUT2D eigenvalue weighted by atomic mass is 9.95. The molecule has 33 heavy (non-hydrogen) atoms. The van der Waals surface area contributed by atoms with Crippen LogP contribution in [-0.2, 0) is 30.5 Å². The lowest BCUT2D eigenvalue weighted by Gasteiger charge is -2.13. The zero-order valence-corrected chi connectivity index (χ0v) is 17.6. The average Bonchev–Trinajstić information content (AvgIpc) is 2.71. The molecule has 0 aliphatic rings. The number of unbranched alkanes of at least 4 members (excludes halogenated alkanes) is 1. The number of benzene rings is 3. The Balaban J connectivity index is 1.89. The third kappa shape index (κ3) is 5.49. The smallest absolute Gasteiger partial charge is 0.289 e. The topological polar surface area (TPSA) is 19.9 Å². The van der Waals surface area contributed by atoms with E-state index in [2.05, 4.69) is 0 Å². The van der Waals surface area contributed by atoms with E-state index in [1.807, 2.05) is 6.92 Å². The maximum absolute atomic E-state index is 15.1. The largest absolute Gasteiger partial charge is 0.422 e. The van der Waals surface area contributed by atoms with E-state index in [4.69, 9.17) is 0 Å². The van der Waals surface area contributed by atoms with E-state index in [1.165, 1.54) is 0 Å². The predicted octanol–water partition coefficient (Wildman–Crippen LogP) is 8.20. The molecule has 0 saturated heterocycles. The van der Waals surface area contributed by atoms with Gasteiger partial charge in [-0.05, 0) is 54.5 Å². The van der Waals surface area contributed by atoms with Crippen LogP contribution in [0.5, 0.6) is 5.75 Å². The molecule has 3 aromatic carbocycles. The first kappa shape index (κ1) is 24.6. The second-order valence-electron chi connectivity index (χ2n) is 7.76. The first-order chi connectivity index (χ1) is 15.5. The van der Waals surface area contributed by atoms with Crippen molar-refractivity contribution >= 4 is 0 Å². The second-order valence-corrected chi connectivity index (χ2v) is 7.76. The van der Waals surface area contributed by atoms with Gasteiger partial charge in [0.05, 0.1) is 5.56 Å². The van der Waals surface area contributed by atoms with Crippen LogP contribution in [0, 0.1) is 23.3 Å². The molecule has 0 aliphatic carbocycles. The van der Waals surface area contributed by atoms with E-state index in [1.54, 1.807) is 24.3 Å². The first-order valence-corrected chi connectivity index (χ1v) is 10.3. The number of hydrogen-bond acceptors (Lipinski definition) is 0. The molecule has 0 saturated carbocycles. The molecule has 0 fully saturated rings. The van der Waals surface area contributed by atoms with Gasteiger partial charge in [0, 0.05) is 11.6 Å². The van der Waals surface area contributed by atoms with E-state index in [0.717, 1.165) is 24.8 Å². The van der Waals surface area contributed by atoms with Crippen LogP contribution in [0.3, 0.4) is 0 Å². The maximum Gasteiger partial charge on any atom is 0.422 e. The minimum Gasteiger partial charge on any atom is -0.289 e. The van der Waals surface area contributed by atoms with Crippen molar-refractivity contribution in [3.8, 4) is 16.9 Å². The van der Waals surface area contributed by atoms with Gasteiger partial charge in [-0.2, -0.15) is 13.2 Å². The number of rotatable bonds is 7. The molecule has 0 N–H and O–H groups in total. The van der Waals surface area contributed by atoms with Crippen molar-refractivity contribution in [1.82, 2.24) is 0 Å². The normalized spacial score (nSPS) is 11.8. The fraction of sp³-hybridized carbons (Fsp3) is 0.280. The molecule has 8 heteroatoms. The van der Waals surface area contributed by atoms with Crippen LogP contribution in [0.4, 0.5) is 30.7 Å². The van der Waals surface area contributed by atoms with E-state index in [9.17, 15) is 31.4 Å². The summed E-state index contributed by atoms with van der Waals surface area (Å²) >= 11 is 0. The summed E-state index contributed by atoms with van der Waals surface area (Å²) in [7, 11) is 0. The zero-order chi connectivity index (χ0) is 24.3. The van der Waals surface area contributed by atoms with Gasteiger partial charge in [-0.15, -0.1) is 0 Å². The molecule has 0 bridgehead atoms. The molecule has 0 aliphatic heterocycles. The third-order valence-electron chi connectivity index (χ3n) is 5.39. The van der Waals surface area contributed by atoms with Crippen LogP contribution in [0.1, 0.15) is 42.0 Å². The minimum absolute atomic E-state index is 0.204. The first-order valence-electron chi connectivity index (χ1n) is 10.3. The van der Waals surface area contributed by atoms with Crippen molar-refractivity contribution in [2.75, 3.05) is 0 Å². The summed E-state index contributed by atoms with van der Waals surface area (Å²) in [6, 6.07) is 8.23. The molecule has 0 aromatic heterocycles. The monoisotopic (exact) mass is 469 g/mol. The van der Waals surface area contributed by atoms with Crippen LogP contribution in [0.25, 0.3) is 11.1 Å². The number of alkyl halides is 3. The Morgan fingerprint density at radius 2 is 1.36 bits per heavy atom. The molecule has 3 aromatic rings. The SMILES string of the molecule is CCCCc1ccc(-c2c([O])cc(F)c(CCc3cc(F)c(C(F)(F)F)c(F)c3)c2F)cc1. The van der Waals surface area contributed by atoms with Gasteiger partial charge in [0.15, 0.2) is 5.75 Å². The molecule has 175 valence electrons. The van der Waals surface area contributed by atoms with Crippen molar-refractivity contribution in [2.24, 2.45) is 0 Å². The fourth-order valence-electron chi connectivity index (χ4n) is 3.67. The Morgan fingerprint density at radius 1 is 0.758 bits per heavy atom. The number of hydrogen-bond donors (Lipinski definition) is 0. The average molecular weight is 469 g/mol. The maximum atomic E-state index is 15.1. The van der Waals surface area contributed by atoms with Crippen LogP contribution >= 0.6 is 0 Å². The molecular formula is C25H20F7O. The van der Waals surface area contributed by atoms with Crippen molar-refractivity contribution in [2.45, 2.75) is 45.2 Å². The van der Waals surface area contributed by atoms with Gasteiger partial charge in [0.25, 0.3) is 0 Å². The number of halogens is 7. The molecule has 0 amide bonds. The van der Waals surface area contributed by atoms with Crippen molar-refractivity contribution < 1.29 is 35.8 Å². The summed E-state index contributed by atoms with van der Waals surface area (Å²) in [5.41, 5.74) is -1.79. The van der Waals surface area contributed by atoms with Crippen molar-refractivity contribution in [3.63, 3.8) is 0 Å². The summed E-state index contributed by atoms with van der Waals surface area (Å²) in [4.78, 5) is 0. The highest BCUT2D eigenvalue weighted by molar-refractivity contribution is 5.72. The predicted molar refractivity (Wildman–Crippen MR) is 109 cm³/mol. The third-order valence-corrected chi connectivity index (χ3v) is 5.39. The Labute approximate surface area is 186 Å². The second kappa shape index (κ2) is 9.85. The molecule has 1 nitrogen and oxygen atoms in total. The molecular weight excluding hydrogens is 449 g/mol. The van der Waals surface area contributed by atoms with Gasteiger partial charge < -0.3 is 0 Å². The minimum atomic E-state index is -5.21. The Hall–Kier alpha value is -3.03. The standard InChI is InChI=1S/C25H20F7O/c1-2-3-4-14-5-8-16(9-6-14)22-21(33)13-18(26)17(24(22)29)10-7-15-11-19(27)23(20(28)12-15)25(30,31)32/h5-6,8-9,11-13H,2-4,7,10H2,1H3. The lowest BCUT2D eigenvalue weighted by molar-refractivity contribution is -0.142. The highest BCUT2D eigenvalue weighted by Crippen LogP contribution is 2.37. The molecule has 0 atom stereocenters. The van der Waals surface area contributed by atoms with Crippen LogP contribution in [0.15, 0.2) is 42.5 Å². The molecule has 1 radical (unpaired) electrons. The molecule has 0 spiro atoms. The Bertz CT molecular complexity index is 1110. The van der Waals surface area contributed by atoms with E-state index in [0.29, 0.717) is 18.2 Å². The summed E-state index contributed by atoms with van der Waals surface area (Å²) in [5, 5.41) is 12.3. The Morgan fingerprint density at radius 3 is 1.91 bits per heavy atom. The van der Waals surface area contributed by atoms with Crippen LogP contribution in [0.2, 0.25) is 0 Å². The lowest BCUT2D eigenvalue weighted by Crippen LogP contribution is -2.12. The van der Waals surface area contributed by atoms with Gasteiger partial charge >= 0.3 is 6.18 Å². The van der Waals surface area contributed by atoms with Crippen LogP contribution in [-0.4, -0.2) is 0 Å². The van der Waals surface area contributed by atoms with E-state index >= 15 is 4.39 Å². The summed E-state index contributed by atoms with van der Waals surface area (Å²) in [6.07, 6.45) is -3.19. The highest BCUT2D eigenvalue weighted by atomic mass is 19.4. The van der Waals surface area contributed by atoms with Gasteiger partial charge in [-0.1, -0.05) is 37.6 Å². The summed E-state index contributed by atoms with van der Waals surface area (Å²) in [5.74, 6) is -6.71. The quantitative estimate of drug-likeness (QED) is 0.311. The van der Waals surface area contributed by atoms with E-state index < -0.39 is 52.7 Å². The fourth-order valence-corrected chi connectivity index (χ4v) is 3.67. The Kier molecular flexibility index (Phi) is 7.34. The zero-order valence-electron chi connectivity index (χ0n) is 17.6. The van der Waals surface area contributed by atoms with Crippen molar-refractivity contribution in [3.05, 3.63) is 88.0 Å².